The third-order valence-corrected chi connectivity index (χ3v) is 5.03. The van der Waals surface area contributed by atoms with Crippen molar-refractivity contribution in [2.45, 2.75) is 38.8 Å². The third-order valence-electron chi connectivity index (χ3n) is 4.80. The van der Waals surface area contributed by atoms with Crippen molar-refractivity contribution >= 4 is 47.1 Å². The van der Waals surface area contributed by atoms with Gasteiger partial charge in [-0.15, -0.1) is 5.10 Å². The van der Waals surface area contributed by atoms with E-state index in [2.05, 4.69) is 26.2 Å². The summed E-state index contributed by atoms with van der Waals surface area (Å²) in [6, 6.07) is 9.36. The maximum absolute atomic E-state index is 12.8. The molecular formula is C25H25ClN6O6. The number of halogens is 1. The van der Waals surface area contributed by atoms with Gasteiger partial charge in [0.25, 0.3) is 0 Å². The second-order valence-corrected chi connectivity index (χ2v) is 9.45. The molecule has 3 aromatic rings. The number of tetrazole rings is 1. The number of nitrogens with one attached hydrogen (secondary N) is 2. The lowest BCUT2D eigenvalue weighted by molar-refractivity contribution is -0.139. The van der Waals surface area contributed by atoms with Crippen molar-refractivity contribution in [2.24, 2.45) is 0 Å². The van der Waals surface area contributed by atoms with Crippen LogP contribution in [0.2, 0.25) is 5.02 Å². The first-order chi connectivity index (χ1) is 17.9. The van der Waals surface area contributed by atoms with Crippen LogP contribution in [-0.4, -0.2) is 60.7 Å². The average molecular weight is 541 g/mol. The van der Waals surface area contributed by atoms with Crippen molar-refractivity contribution < 1.29 is 29.0 Å². The fourth-order valence-electron chi connectivity index (χ4n) is 3.16. The van der Waals surface area contributed by atoms with Crippen LogP contribution in [0.5, 0.6) is 0 Å². The lowest BCUT2D eigenvalue weighted by Crippen LogP contribution is -2.44. The van der Waals surface area contributed by atoms with E-state index in [9.17, 15) is 24.3 Å². The molecule has 198 valence electrons. The number of carbonyl (C=O) groups is 4. The highest BCUT2D eigenvalue weighted by Crippen LogP contribution is 2.20. The molecule has 38 heavy (non-hydrogen) atoms. The molecule has 1 heterocycles. The fourth-order valence-corrected chi connectivity index (χ4v) is 3.34. The van der Waals surface area contributed by atoms with Crippen LogP contribution in [0.1, 0.15) is 43.1 Å². The minimum atomic E-state index is -1.38. The Labute approximate surface area is 222 Å². The molecule has 3 N–H and O–H groups in total. The summed E-state index contributed by atoms with van der Waals surface area (Å²) in [4.78, 5) is 48.9. The van der Waals surface area contributed by atoms with Crippen molar-refractivity contribution in [2.75, 3.05) is 5.32 Å². The van der Waals surface area contributed by atoms with Crippen LogP contribution in [0.15, 0.2) is 54.9 Å². The molecule has 1 aromatic heterocycles. The molecule has 0 aliphatic rings. The quantitative estimate of drug-likeness (QED) is 0.273. The number of hydrogen-bond donors (Lipinski definition) is 3. The Morgan fingerprint density at radius 1 is 1.13 bits per heavy atom. The molecule has 0 aliphatic heterocycles. The van der Waals surface area contributed by atoms with Gasteiger partial charge in [-0.1, -0.05) is 11.6 Å². The van der Waals surface area contributed by atoms with E-state index in [0.717, 1.165) is 6.08 Å². The number of anilines is 1. The van der Waals surface area contributed by atoms with Crippen LogP contribution in [0.3, 0.4) is 0 Å². The van der Waals surface area contributed by atoms with Crippen molar-refractivity contribution in [1.82, 2.24) is 25.5 Å². The second-order valence-electron chi connectivity index (χ2n) is 9.02. The molecule has 0 radical (unpaired) electrons. The smallest absolute Gasteiger partial charge is 0.338 e. The first-order valence-electron chi connectivity index (χ1n) is 11.3. The van der Waals surface area contributed by atoms with Crippen LogP contribution in [-0.2, 0) is 19.1 Å². The summed E-state index contributed by atoms with van der Waals surface area (Å²) in [7, 11) is 0. The summed E-state index contributed by atoms with van der Waals surface area (Å²) in [5, 5.41) is 25.6. The number of ether oxygens (including phenoxy) is 1. The van der Waals surface area contributed by atoms with Gasteiger partial charge < -0.3 is 20.5 Å². The summed E-state index contributed by atoms with van der Waals surface area (Å²) >= 11 is 6.07. The highest BCUT2D eigenvalue weighted by atomic mass is 35.5. The Kier molecular flexibility index (Phi) is 8.92. The maximum atomic E-state index is 12.8. The zero-order valence-corrected chi connectivity index (χ0v) is 21.5. The maximum Gasteiger partial charge on any atom is 0.338 e. The molecular weight excluding hydrogens is 516 g/mol. The largest absolute Gasteiger partial charge is 0.481 e. The van der Waals surface area contributed by atoms with Gasteiger partial charge in [-0.2, -0.15) is 4.68 Å². The summed E-state index contributed by atoms with van der Waals surface area (Å²) in [5.41, 5.74) is 0.957. The van der Waals surface area contributed by atoms with Gasteiger partial charge in [0.1, 0.15) is 18.0 Å². The number of hydrogen-bond acceptors (Lipinski definition) is 8. The van der Waals surface area contributed by atoms with Gasteiger partial charge in [-0.05, 0) is 79.7 Å². The standard InChI is InChI=1S/C25H25ClN6O6/c1-25(2,3)38-24(37)15-4-8-18(9-5-15)28-23(36)19(13-22(34)35)29-21(33)11-6-16-12-17(26)7-10-20(16)32-14-27-30-31-32/h4-12,14,19H,13H2,1-3H3,(H,28,36)(H,29,33)(H,34,35). The molecule has 0 spiro atoms. The predicted octanol–water partition coefficient (Wildman–Crippen LogP) is 2.88. The Bertz CT molecular complexity index is 1350. The number of carbonyl (C=O) groups excluding carboxylic acids is 3. The van der Waals surface area contributed by atoms with E-state index in [4.69, 9.17) is 16.3 Å². The molecule has 3 rings (SSSR count). The number of amides is 2. The van der Waals surface area contributed by atoms with E-state index in [-0.39, 0.29) is 5.56 Å². The topological polar surface area (TPSA) is 165 Å². The molecule has 0 saturated carbocycles. The summed E-state index contributed by atoms with van der Waals surface area (Å²) < 4.78 is 6.67. The van der Waals surface area contributed by atoms with E-state index >= 15 is 0 Å². The number of carboxylic acids is 1. The van der Waals surface area contributed by atoms with Crippen molar-refractivity contribution in [3.63, 3.8) is 0 Å². The van der Waals surface area contributed by atoms with Crippen LogP contribution in [0.4, 0.5) is 5.69 Å². The Morgan fingerprint density at radius 3 is 2.45 bits per heavy atom. The highest BCUT2D eigenvalue weighted by Gasteiger charge is 2.24. The van der Waals surface area contributed by atoms with Gasteiger partial charge in [-0.3, -0.25) is 14.4 Å². The minimum absolute atomic E-state index is 0.278. The zero-order valence-electron chi connectivity index (χ0n) is 20.7. The average Bonchev–Trinajstić information content (AvgIpc) is 3.36. The lowest BCUT2D eigenvalue weighted by atomic mass is 10.1. The van der Waals surface area contributed by atoms with Crippen LogP contribution >= 0.6 is 11.6 Å². The van der Waals surface area contributed by atoms with Crippen LogP contribution < -0.4 is 10.6 Å². The molecule has 0 fully saturated rings. The van der Waals surface area contributed by atoms with Crippen LogP contribution in [0, 0.1) is 0 Å². The Balaban J connectivity index is 1.69. The Hall–Kier alpha value is -4.58. The first-order valence-corrected chi connectivity index (χ1v) is 11.7. The van der Waals surface area contributed by atoms with Gasteiger partial charge in [-0.25, -0.2) is 4.79 Å². The normalized spacial score (nSPS) is 12.1. The number of aromatic nitrogens is 4. The molecule has 1 atom stereocenters. The number of esters is 1. The molecule has 12 nitrogen and oxygen atoms in total. The van der Waals surface area contributed by atoms with E-state index in [0.29, 0.717) is 22.0 Å². The molecule has 0 saturated heterocycles. The van der Waals surface area contributed by atoms with Gasteiger partial charge in [0.05, 0.1) is 17.7 Å². The van der Waals surface area contributed by atoms with Gasteiger partial charge in [0, 0.05) is 22.3 Å². The lowest BCUT2D eigenvalue weighted by Gasteiger charge is -2.19. The molecule has 13 heteroatoms. The highest BCUT2D eigenvalue weighted by molar-refractivity contribution is 6.30. The second kappa shape index (κ2) is 12.1. The molecule has 0 aliphatic carbocycles. The molecule has 2 amide bonds. The van der Waals surface area contributed by atoms with Gasteiger partial charge in [0.15, 0.2) is 0 Å². The summed E-state index contributed by atoms with van der Waals surface area (Å²) in [5.74, 6) is -3.28. The van der Waals surface area contributed by atoms with E-state index in [1.54, 1.807) is 39.0 Å². The van der Waals surface area contributed by atoms with Crippen molar-refractivity contribution in [3.8, 4) is 5.69 Å². The predicted molar refractivity (Wildman–Crippen MR) is 138 cm³/mol. The number of aliphatic carboxylic acids is 1. The zero-order chi connectivity index (χ0) is 27.9. The van der Waals surface area contributed by atoms with E-state index < -0.39 is 41.8 Å². The monoisotopic (exact) mass is 540 g/mol. The Morgan fingerprint density at radius 2 is 1.84 bits per heavy atom. The summed E-state index contributed by atoms with van der Waals surface area (Å²) in [6.45, 7) is 5.23. The summed E-state index contributed by atoms with van der Waals surface area (Å²) in [6.07, 6.45) is 3.28. The van der Waals surface area contributed by atoms with Gasteiger partial charge >= 0.3 is 11.9 Å². The molecule has 2 aromatic carbocycles. The third kappa shape index (κ3) is 8.23. The molecule has 1 unspecified atom stereocenters. The minimum Gasteiger partial charge on any atom is -0.481 e. The van der Waals surface area contributed by atoms with Gasteiger partial charge in [0.2, 0.25) is 11.8 Å². The van der Waals surface area contributed by atoms with E-state index in [1.807, 2.05) is 0 Å². The number of nitrogens with zero attached hydrogens (tertiary/aromatic N) is 4. The fraction of sp³-hybridized carbons (Fsp3) is 0.240. The number of carboxylic acid groups (broad SMARTS) is 1. The first kappa shape index (κ1) is 28.0. The molecule has 0 bridgehead atoms. The van der Waals surface area contributed by atoms with E-state index in [1.165, 1.54) is 41.4 Å². The van der Waals surface area contributed by atoms with Crippen LogP contribution in [0.25, 0.3) is 11.8 Å². The van der Waals surface area contributed by atoms with Crippen molar-refractivity contribution in [3.05, 3.63) is 71.0 Å². The number of benzene rings is 2. The number of rotatable bonds is 9. The SMILES string of the molecule is CC(C)(C)OC(=O)c1ccc(NC(=O)C(CC(=O)O)NC(=O)C=Cc2cc(Cl)ccc2-n2cnnn2)cc1. The van der Waals surface area contributed by atoms with Crippen molar-refractivity contribution in [1.29, 1.82) is 0 Å².